The summed E-state index contributed by atoms with van der Waals surface area (Å²) in [4.78, 5) is 12.1. The van der Waals surface area contributed by atoms with Crippen LogP contribution in [-0.4, -0.2) is 37.5 Å². The summed E-state index contributed by atoms with van der Waals surface area (Å²) in [7, 11) is -3.36. The molecule has 7 heteroatoms. The number of benzene rings is 1. The zero-order valence-electron chi connectivity index (χ0n) is 11.2. The monoisotopic (exact) mass is 300 g/mol. The largest absolute Gasteiger partial charge is 0.351 e. The van der Waals surface area contributed by atoms with Crippen LogP contribution in [0.2, 0.25) is 0 Å². The first-order chi connectivity index (χ1) is 9.38. The maximum atomic E-state index is 12.8. The highest BCUT2D eigenvalue weighted by atomic mass is 32.2. The minimum Gasteiger partial charge on any atom is -0.351 e. The number of halogens is 1. The van der Waals surface area contributed by atoms with Gasteiger partial charge < -0.3 is 5.32 Å². The van der Waals surface area contributed by atoms with Crippen LogP contribution in [0.15, 0.2) is 24.3 Å². The lowest BCUT2D eigenvalue weighted by Crippen LogP contribution is -2.45. The van der Waals surface area contributed by atoms with E-state index < -0.39 is 16.1 Å². The van der Waals surface area contributed by atoms with Crippen molar-refractivity contribution in [3.63, 3.8) is 0 Å². The number of carbonyl (C=O) groups is 1. The van der Waals surface area contributed by atoms with E-state index in [1.165, 1.54) is 16.4 Å². The van der Waals surface area contributed by atoms with E-state index in [-0.39, 0.29) is 18.3 Å². The van der Waals surface area contributed by atoms with Crippen LogP contribution in [0.3, 0.4) is 0 Å². The SMILES string of the molecule is CS(=O)(=O)N1CCC[C@H]1C(=O)NCc1ccc(F)cc1. The zero-order valence-corrected chi connectivity index (χ0v) is 12.0. The first kappa shape index (κ1) is 14.9. The fourth-order valence-electron chi connectivity index (χ4n) is 2.31. The Morgan fingerprint density at radius 2 is 2.05 bits per heavy atom. The minimum atomic E-state index is -3.36. The molecule has 0 radical (unpaired) electrons. The topological polar surface area (TPSA) is 66.5 Å². The second-order valence-electron chi connectivity index (χ2n) is 4.88. The molecule has 0 unspecified atom stereocenters. The van der Waals surface area contributed by atoms with Gasteiger partial charge >= 0.3 is 0 Å². The molecular weight excluding hydrogens is 283 g/mol. The number of nitrogens with one attached hydrogen (secondary N) is 1. The van der Waals surface area contributed by atoms with Gasteiger partial charge in [0.15, 0.2) is 0 Å². The van der Waals surface area contributed by atoms with Crippen LogP contribution in [0.25, 0.3) is 0 Å². The average Bonchev–Trinajstić information content (AvgIpc) is 2.87. The molecule has 1 aliphatic rings. The van der Waals surface area contributed by atoms with Crippen molar-refractivity contribution in [2.75, 3.05) is 12.8 Å². The van der Waals surface area contributed by atoms with E-state index in [1.54, 1.807) is 12.1 Å². The number of nitrogens with zero attached hydrogens (tertiary/aromatic N) is 1. The molecule has 1 saturated heterocycles. The van der Waals surface area contributed by atoms with E-state index in [4.69, 9.17) is 0 Å². The van der Waals surface area contributed by atoms with E-state index in [0.717, 1.165) is 11.8 Å². The Bertz CT molecular complexity index is 586. The Kier molecular flexibility index (Phi) is 4.39. The fraction of sp³-hybridized carbons (Fsp3) is 0.462. The highest BCUT2D eigenvalue weighted by Crippen LogP contribution is 2.20. The normalized spacial score (nSPS) is 20.0. The Morgan fingerprint density at radius 3 is 2.65 bits per heavy atom. The molecule has 1 atom stereocenters. The third-order valence-electron chi connectivity index (χ3n) is 3.31. The van der Waals surface area contributed by atoms with Gasteiger partial charge in [-0.05, 0) is 30.5 Å². The van der Waals surface area contributed by atoms with Crippen molar-refractivity contribution in [2.45, 2.75) is 25.4 Å². The molecule has 20 heavy (non-hydrogen) atoms. The first-order valence-electron chi connectivity index (χ1n) is 6.37. The molecule has 1 amide bonds. The second-order valence-corrected chi connectivity index (χ2v) is 6.81. The number of hydrogen-bond donors (Lipinski definition) is 1. The molecule has 2 rings (SSSR count). The number of sulfonamides is 1. The smallest absolute Gasteiger partial charge is 0.238 e. The van der Waals surface area contributed by atoms with Crippen LogP contribution in [-0.2, 0) is 21.4 Å². The van der Waals surface area contributed by atoms with Crippen molar-refractivity contribution >= 4 is 15.9 Å². The Hall–Kier alpha value is -1.47. The summed E-state index contributed by atoms with van der Waals surface area (Å²) in [5, 5.41) is 2.69. The third-order valence-corrected chi connectivity index (χ3v) is 4.60. The first-order valence-corrected chi connectivity index (χ1v) is 8.22. The van der Waals surface area contributed by atoms with Crippen molar-refractivity contribution in [3.05, 3.63) is 35.6 Å². The second kappa shape index (κ2) is 5.88. The van der Waals surface area contributed by atoms with Gasteiger partial charge in [-0.25, -0.2) is 12.8 Å². The van der Waals surface area contributed by atoms with Crippen LogP contribution >= 0.6 is 0 Å². The predicted octanol–water partition coefficient (Wildman–Crippen LogP) is 0.866. The van der Waals surface area contributed by atoms with Crippen molar-refractivity contribution in [3.8, 4) is 0 Å². The lowest BCUT2D eigenvalue weighted by Gasteiger charge is -2.21. The molecule has 110 valence electrons. The van der Waals surface area contributed by atoms with Crippen LogP contribution < -0.4 is 5.32 Å². The number of hydrogen-bond acceptors (Lipinski definition) is 3. The van der Waals surface area contributed by atoms with Crippen LogP contribution in [0.5, 0.6) is 0 Å². The molecule has 1 aliphatic heterocycles. The van der Waals surface area contributed by atoms with Gasteiger partial charge in [-0.1, -0.05) is 12.1 Å². The summed E-state index contributed by atoms with van der Waals surface area (Å²) >= 11 is 0. The van der Waals surface area contributed by atoms with E-state index in [1.807, 2.05) is 0 Å². The Morgan fingerprint density at radius 1 is 1.40 bits per heavy atom. The molecule has 0 aliphatic carbocycles. The van der Waals surface area contributed by atoms with Gasteiger partial charge in [0.05, 0.1) is 6.26 Å². The molecular formula is C13H17FN2O3S. The number of amides is 1. The van der Waals surface area contributed by atoms with Crippen molar-refractivity contribution in [1.29, 1.82) is 0 Å². The predicted molar refractivity (Wildman–Crippen MR) is 72.8 cm³/mol. The van der Waals surface area contributed by atoms with Gasteiger partial charge in [0, 0.05) is 13.1 Å². The lowest BCUT2D eigenvalue weighted by atomic mass is 10.2. The quantitative estimate of drug-likeness (QED) is 0.897. The Labute approximate surface area is 117 Å². The van der Waals surface area contributed by atoms with Gasteiger partial charge in [-0.3, -0.25) is 4.79 Å². The number of carbonyl (C=O) groups excluding carboxylic acids is 1. The van der Waals surface area contributed by atoms with Crippen LogP contribution in [0, 0.1) is 5.82 Å². The molecule has 1 aromatic rings. The molecule has 0 spiro atoms. The lowest BCUT2D eigenvalue weighted by molar-refractivity contribution is -0.124. The van der Waals surface area contributed by atoms with Gasteiger partial charge in [0.1, 0.15) is 11.9 Å². The summed E-state index contributed by atoms with van der Waals surface area (Å²) in [6, 6.07) is 5.17. The summed E-state index contributed by atoms with van der Waals surface area (Å²) in [5.41, 5.74) is 0.767. The highest BCUT2D eigenvalue weighted by molar-refractivity contribution is 7.88. The van der Waals surface area contributed by atoms with E-state index in [2.05, 4.69) is 5.32 Å². The fourth-order valence-corrected chi connectivity index (χ4v) is 3.43. The highest BCUT2D eigenvalue weighted by Gasteiger charge is 2.36. The molecule has 1 N–H and O–H groups in total. The molecule has 1 aromatic carbocycles. The standard InChI is InChI=1S/C13H17FN2O3S/c1-20(18,19)16-8-2-3-12(16)13(17)15-9-10-4-6-11(14)7-5-10/h4-7,12H,2-3,8-9H2,1H3,(H,15,17)/t12-/m0/s1. The Balaban J connectivity index is 1.96. The maximum Gasteiger partial charge on any atom is 0.238 e. The number of rotatable bonds is 4. The molecule has 0 aromatic heterocycles. The average molecular weight is 300 g/mol. The van der Waals surface area contributed by atoms with Crippen LogP contribution in [0.4, 0.5) is 4.39 Å². The summed E-state index contributed by atoms with van der Waals surface area (Å²) in [5.74, 6) is -0.642. The van der Waals surface area contributed by atoms with Gasteiger partial charge in [-0.15, -0.1) is 0 Å². The summed E-state index contributed by atoms with van der Waals surface area (Å²) < 4.78 is 37.1. The zero-order chi connectivity index (χ0) is 14.8. The maximum absolute atomic E-state index is 12.8. The van der Waals surface area contributed by atoms with Gasteiger partial charge in [-0.2, -0.15) is 4.31 Å². The third kappa shape index (κ3) is 3.55. The van der Waals surface area contributed by atoms with E-state index >= 15 is 0 Å². The summed E-state index contributed by atoms with van der Waals surface area (Å²) in [6.45, 7) is 0.640. The van der Waals surface area contributed by atoms with Crippen LogP contribution in [0.1, 0.15) is 18.4 Å². The molecule has 1 heterocycles. The van der Waals surface area contributed by atoms with Crippen molar-refractivity contribution < 1.29 is 17.6 Å². The van der Waals surface area contributed by atoms with Gasteiger partial charge in [0.2, 0.25) is 15.9 Å². The molecule has 1 fully saturated rings. The molecule has 0 bridgehead atoms. The minimum absolute atomic E-state index is 0.257. The van der Waals surface area contributed by atoms with E-state index in [0.29, 0.717) is 19.4 Å². The summed E-state index contributed by atoms with van der Waals surface area (Å²) in [6.07, 6.45) is 2.32. The molecule has 0 saturated carbocycles. The van der Waals surface area contributed by atoms with Gasteiger partial charge in [0.25, 0.3) is 0 Å². The van der Waals surface area contributed by atoms with E-state index in [9.17, 15) is 17.6 Å². The molecule has 5 nitrogen and oxygen atoms in total. The van der Waals surface area contributed by atoms with Crippen molar-refractivity contribution in [1.82, 2.24) is 9.62 Å². The van der Waals surface area contributed by atoms with Crippen molar-refractivity contribution in [2.24, 2.45) is 0 Å².